The first-order chi connectivity index (χ1) is 28.1. The lowest BCUT2D eigenvalue weighted by Crippen LogP contribution is -2.61. The van der Waals surface area contributed by atoms with Crippen LogP contribution in [0.15, 0.2) is 0 Å². The van der Waals surface area contributed by atoms with E-state index in [0.717, 1.165) is 50.4 Å². The maximum absolute atomic E-state index is 12.9. The molecule has 3 atom stereocenters. The maximum Gasteiger partial charge on any atom is 0.434 e. The quantitative estimate of drug-likeness (QED) is 0.115. The number of hydrogen-bond acceptors (Lipinski definition) is 8. The molecule has 0 N–H and O–H groups in total. The number of carbonyl (C=O) groups excluding carboxylic acids is 4. The molecule has 0 radical (unpaired) electrons. The average Bonchev–Trinajstić information content (AvgIpc) is 3.11. The number of carbonyl (C=O) groups is 4. The fourth-order valence-corrected chi connectivity index (χ4v) is 10.7. The summed E-state index contributed by atoms with van der Waals surface area (Å²) in [5, 5.41) is 0. The third-order valence-electron chi connectivity index (χ3n) is 14.9. The minimum absolute atomic E-state index is 0.0342. The zero-order valence-electron chi connectivity index (χ0n) is 37.8. The molecular weight excluding hydrogens is 839 g/mol. The molecule has 0 aromatic carbocycles. The molecule has 0 aromatic rings. The van der Waals surface area contributed by atoms with Crippen LogP contribution in [0, 0.1) is 51.2 Å². The van der Waals surface area contributed by atoms with Gasteiger partial charge in [0.2, 0.25) is 0 Å². The third-order valence-corrected chi connectivity index (χ3v) is 14.9. The van der Waals surface area contributed by atoms with Crippen LogP contribution < -0.4 is 0 Å². The van der Waals surface area contributed by atoms with Crippen molar-refractivity contribution in [1.29, 1.82) is 0 Å². The molecule has 8 fully saturated rings. The van der Waals surface area contributed by atoms with Crippen LogP contribution >= 0.6 is 0 Å². The van der Waals surface area contributed by atoms with Gasteiger partial charge >= 0.3 is 42.4 Å². The number of hydrogen-bond donors (Lipinski definition) is 0. The SMILES string of the molecule is CCC(C)(C)C(=O)OC(C)C(F)(F)F.CCC(C)(C)C(=O)OC12CC3CC(C1)CC(C(=O)OC(C(F)(F)F)C(F)(F)F)(C3)C2.CCC(C)(C)C(=O)OC12CC3CC(CC(C3)C1)C2. The fourth-order valence-electron chi connectivity index (χ4n) is 10.7. The molecule has 3 unspecified atom stereocenters. The number of rotatable bonds is 11. The molecule has 0 saturated heterocycles. The smallest absolute Gasteiger partial charge is 0.434 e. The first-order valence-corrected chi connectivity index (χ1v) is 22.1. The summed E-state index contributed by atoms with van der Waals surface area (Å²) in [6, 6.07) is 0. The molecule has 358 valence electrons. The summed E-state index contributed by atoms with van der Waals surface area (Å²) < 4.78 is 134. The summed E-state index contributed by atoms with van der Waals surface area (Å²) in [6.07, 6.45) is -10.9. The highest BCUT2D eigenvalue weighted by molar-refractivity contribution is 5.79. The van der Waals surface area contributed by atoms with E-state index < -0.39 is 70.5 Å². The van der Waals surface area contributed by atoms with Crippen molar-refractivity contribution < 1.29 is 77.6 Å². The van der Waals surface area contributed by atoms with E-state index in [4.69, 9.17) is 9.47 Å². The molecule has 8 bridgehead atoms. The second kappa shape index (κ2) is 17.9. The van der Waals surface area contributed by atoms with Crippen molar-refractivity contribution in [3.05, 3.63) is 0 Å². The summed E-state index contributed by atoms with van der Waals surface area (Å²) in [4.78, 5) is 49.0. The van der Waals surface area contributed by atoms with Crippen molar-refractivity contribution in [3.63, 3.8) is 0 Å². The molecule has 62 heavy (non-hydrogen) atoms. The summed E-state index contributed by atoms with van der Waals surface area (Å²) in [7, 11) is 0. The van der Waals surface area contributed by atoms with Gasteiger partial charge in [0.1, 0.15) is 11.2 Å². The van der Waals surface area contributed by atoms with Crippen molar-refractivity contribution in [2.45, 2.75) is 207 Å². The molecule has 8 saturated carbocycles. The highest BCUT2D eigenvalue weighted by atomic mass is 19.4. The summed E-state index contributed by atoms with van der Waals surface area (Å²) >= 11 is 0. The van der Waals surface area contributed by atoms with E-state index in [0.29, 0.717) is 32.1 Å². The Morgan fingerprint density at radius 1 is 0.500 bits per heavy atom. The highest BCUT2D eigenvalue weighted by Gasteiger charge is 2.66. The number of esters is 4. The Morgan fingerprint density at radius 3 is 1.19 bits per heavy atom. The van der Waals surface area contributed by atoms with Gasteiger partial charge in [-0.25, -0.2) is 0 Å². The van der Waals surface area contributed by atoms with Crippen molar-refractivity contribution in [2.24, 2.45) is 51.2 Å². The predicted molar refractivity (Wildman–Crippen MR) is 209 cm³/mol. The number of ether oxygens (including phenoxy) is 4. The molecule has 0 aliphatic heterocycles. The van der Waals surface area contributed by atoms with Gasteiger partial charge in [-0.05, 0) is 168 Å². The van der Waals surface area contributed by atoms with Crippen molar-refractivity contribution in [1.82, 2.24) is 0 Å². The third kappa shape index (κ3) is 11.9. The van der Waals surface area contributed by atoms with Crippen LogP contribution in [0.3, 0.4) is 0 Å². The van der Waals surface area contributed by atoms with Gasteiger partial charge in [-0.2, -0.15) is 39.5 Å². The van der Waals surface area contributed by atoms with E-state index in [-0.39, 0.29) is 48.1 Å². The zero-order chi connectivity index (χ0) is 47.3. The average molecular weight is 907 g/mol. The molecular formula is C45H67F9O8. The summed E-state index contributed by atoms with van der Waals surface area (Å²) in [6.45, 7) is 17.0. The normalized spacial score (nSPS) is 31.9. The standard InChI is InChI=1S/C20H26F6O4.C16H26O2.C9H15F3O2/c1-4-16(2,3)14(27)30-18-8-11-5-12(9-18)7-17(6-11,10-18)15(28)29-13(19(21,22)23)20(24,25)26;1-4-15(2,3)14(17)18-16-8-11-5-12(9-16)7-13(6-11)10-16;1-5-8(3,4)7(13)14-6(2)9(10,11)12/h11-13H,4-10H2,1-3H3;11-13H,4-10H2,1-3H3;6H,5H2,1-4H3. The van der Waals surface area contributed by atoms with Crippen LogP contribution in [-0.4, -0.2) is 65.8 Å². The van der Waals surface area contributed by atoms with Gasteiger partial charge in [-0.3, -0.25) is 19.2 Å². The molecule has 0 aromatic heterocycles. The lowest BCUT2D eigenvalue weighted by atomic mass is 9.48. The Hall–Kier alpha value is -2.75. The monoisotopic (exact) mass is 906 g/mol. The van der Waals surface area contributed by atoms with Crippen LogP contribution in [0.4, 0.5) is 39.5 Å². The van der Waals surface area contributed by atoms with Crippen molar-refractivity contribution in [2.75, 3.05) is 0 Å². The molecule has 8 aliphatic carbocycles. The summed E-state index contributed by atoms with van der Waals surface area (Å²) in [5.74, 6) is -0.434. The Kier molecular flexibility index (Phi) is 15.0. The van der Waals surface area contributed by atoms with Crippen LogP contribution in [-0.2, 0) is 38.1 Å². The van der Waals surface area contributed by atoms with E-state index in [1.54, 1.807) is 34.6 Å². The molecule has 8 nitrogen and oxygen atoms in total. The van der Waals surface area contributed by atoms with E-state index in [1.165, 1.54) is 19.3 Å². The first kappa shape index (κ1) is 51.9. The van der Waals surface area contributed by atoms with Gasteiger partial charge < -0.3 is 18.9 Å². The lowest BCUT2D eigenvalue weighted by molar-refractivity contribution is -0.318. The molecule has 0 amide bonds. The molecule has 8 rings (SSSR count). The van der Waals surface area contributed by atoms with E-state index in [9.17, 15) is 58.7 Å². The van der Waals surface area contributed by atoms with Crippen LogP contribution in [0.1, 0.15) is 166 Å². The Morgan fingerprint density at radius 2 is 0.839 bits per heavy atom. The largest absolute Gasteiger partial charge is 0.459 e. The number of alkyl halides is 9. The van der Waals surface area contributed by atoms with Gasteiger partial charge in [0.05, 0.1) is 21.7 Å². The van der Waals surface area contributed by atoms with Crippen LogP contribution in [0.2, 0.25) is 0 Å². The van der Waals surface area contributed by atoms with Crippen molar-refractivity contribution >= 4 is 23.9 Å². The number of halogens is 9. The Bertz CT molecular complexity index is 1570. The topological polar surface area (TPSA) is 105 Å². The fraction of sp³-hybridized carbons (Fsp3) is 0.911. The lowest BCUT2D eigenvalue weighted by Gasteiger charge is -2.60. The molecule has 8 aliphatic rings. The van der Waals surface area contributed by atoms with E-state index in [2.05, 4.69) is 16.4 Å². The van der Waals surface area contributed by atoms with E-state index >= 15 is 0 Å². The zero-order valence-corrected chi connectivity index (χ0v) is 37.8. The van der Waals surface area contributed by atoms with Gasteiger partial charge in [0, 0.05) is 6.42 Å². The first-order valence-electron chi connectivity index (χ1n) is 22.1. The van der Waals surface area contributed by atoms with Gasteiger partial charge in [0.25, 0.3) is 6.10 Å². The highest BCUT2D eigenvalue weighted by Crippen LogP contribution is 2.64. The van der Waals surface area contributed by atoms with Crippen LogP contribution in [0.25, 0.3) is 0 Å². The Balaban J connectivity index is 0.000000224. The molecule has 0 heterocycles. The second-order valence-electron chi connectivity index (χ2n) is 21.5. The Labute approximate surface area is 359 Å². The second-order valence-corrected chi connectivity index (χ2v) is 21.5. The van der Waals surface area contributed by atoms with Gasteiger partial charge in [-0.1, -0.05) is 20.8 Å². The summed E-state index contributed by atoms with van der Waals surface area (Å²) in [5.41, 5.74) is -4.57. The van der Waals surface area contributed by atoms with Crippen LogP contribution in [0.5, 0.6) is 0 Å². The molecule has 0 spiro atoms. The van der Waals surface area contributed by atoms with E-state index in [1.807, 2.05) is 20.8 Å². The molecule has 17 heteroatoms. The van der Waals surface area contributed by atoms with Crippen molar-refractivity contribution in [3.8, 4) is 0 Å². The minimum atomic E-state index is -5.76. The van der Waals surface area contributed by atoms with Gasteiger partial charge in [-0.15, -0.1) is 0 Å². The maximum atomic E-state index is 12.9. The minimum Gasteiger partial charge on any atom is -0.459 e. The van der Waals surface area contributed by atoms with Gasteiger partial charge in [0.15, 0.2) is 6.10 Å². The predicted octanol–water partition coefficient (Wildman–Crippen LogP) is 12.2.